The van der Waals surface area contributed by atoms with Crippen molar-refractivity contribution >= 4 is 12.0 Å². The highest BCUT2D eigenvalue weighted by Crippen LogP contribution is 2.13. The molecule has 0 aliphatic carbocycles. The second kappa shape index (κ2) is 7.65. The van der Waals surface area contributed by atoms with E-state index in [1.54, 1.807) is 18.5 Å². The Bertz CT molecular complexity index is 662. The molecule has 0 saturated carbocycles. The summed E-state index contributed by atoms with van der Waals surface area (Å²) in [7, 11) is 0. The summed E-state index contributed by atoms with van der Waals surface area (Å²) in [6.45, 7) is 1.36. The van der Waals surface area contributed by atoms with Crippen molar-refractivity contribution in [1.82, 2.24) is 15.3 Å². The van der Waals surface area contributed by atoms with Gasteiger partial charge in [-0.05, 0) is 18.9 Å². The predicted octanol–water partition coefficient (Wildman–Crippen LogP) is 2.45. The second-order valence-electron chi connectivity index (χ2n) is 5.42. The Labute approximate surface area is 135 Å². The van der Waals surface area contributed by atoms with Crippen molar-refractivity contribution in [2.75, 3.05) is 13.2 Å². The van der Waals surface area contributed by atoms with Crippen LogP contribution in [0.4, 0.5) is 0 Å². The van der Waals surface area contributed by atoms with Crippen LogP contribution >= 0.6 is 0 Å². The maximum absolute atomic E-state index is 11.8. The maximum atomic E-state index is 11.8. The number of aromatic nitrogens is 2. The number of nitrogens with one attached hydrogen (secondary N) is 1. The van der Waals surface area contributed by atoms with E-state index in [4.69, 9.17) is 4.74 Å². The Morgan fingerprint density at radius 1 is 1.26 bits per heavy atom. The van der Waals surface area contributed by atoms with Gasteiger partial charge in [-0.1, -0.05) is 30.3 Å². The van der Waals surface area contributed by atoms with Gasteiger partial charge >= 0.3 is 0 Å². The van der Waals surface area contributed by atoms with Crippen LogP contribution < -0.4 is 5.32 Å². The van der Waals surface area contributed by atoms with E-state index in [1.165, 1.54) is 6.08 Å². The lowest BCUT2D eigenvalue weighted by molar-refractivity contribution is -0.116. The van der Waals surface area contributed by atoms with E-state index in [1.807, 2.05) is 30.3 Å². The van der Waals surface area contributed by atoms with Crippen molar-refractivity contribution in [3.05, 3.63) is 54.4 Å². The zero-order chi connectivity index (χ0) is 15.9. The lowest BCUT2D eigenvalue weighted by atomic mass is 10.2. The first kappa shape index (κ1) is 15.4. The average molecular weight is 309 g/mol. The second-order valence-corrected chi connectivity index (χ2v) is 5.42. The Hall–Kier alpha value is -2.53. The number of amides is 1. The molecule has 1 aliphatic rings. The minimum absolute atomic E-state index is 0.132. The van der Waals surface area contributed by atoms with Crippen LogP contribution in [0.3, 0.4) is 0 Å². The van der Waals surface area contributed by atoms with Crippen molar-refractivity contribution in [3.8, 4) is 11.4 Å². The SMILES string of the molecule is O=C(/C=C/c1cnc(-c2ccccc2)nc1)NC[C@H]1CCCO1. The van der Waals surface area contributed by atoms with Gasteiger partial charge in [0.25, 0.3) is 0 Å². The van der Waals surface area contributed by atoms with Crippen LogP contribution in [-0.2, 0) is 9.53 Å². The first-order valence-corrected chi connectivity index (χ1v) is 7.76. The highest BCUT2D eigenvalue weighted by molar-refractivity contribution is 5.91. The molecule has 0 unspecified atom stereocenters. The molecule has 5 nitrogen and oxygen atoms in total. The van der Waals surface area contributed by atoms with Gasteiger partial charge in [-0.15, -0.1) is 0 Å². The smallest absolute Gasteiger partial charge is 0.244 e. The van der Waals surface area contributed by atoms with E-state index in [-0.39, 0.29) is 12.0 Å². The van der Waals surface area contributed by atoms with Gasteiger partial charge in [0.2, 0.25) is 5.91 Å². The fourth-order valence-electron chi connectivity index (χ4n) is 2.41. The molecule has 3 rings (SSSR count). The van der Waals surface area contributed by atoms with Gasteiger partial charge in [-0.2, -0.15) is 0 Å². The Kier molecular flexibility index (Phi) is 5.11. The van der Waals surface area contributed by atoms with Gasteiger partial charge in [-0.3, -0.25) is 4.79 Å². The van der Waals surface area contributed by atoms with Gasteiger partial charge in [0.05, 0.1) is 6.10 Å². The van der Waals surface area contributed by atoms with Crippen molar-refractivity contribution in [2.45, 2.75) is 18.9 Å². The summed E-state index contributed by atoms with van der Waals surface area (Å²) in [4.78, 5) is 20.4. The molecule has 2 heterocycles. The van der Waals surface area contributed by atoms with E-state index in [2.05, 4.69) is 15.3 Å². The van der Waals surface area contributed by atoms with Gasteiger partial charge < -0.3 is 10.1 Å². The van der Waals surface area contributed by atoms with Crippen molar-refractivity contribution in [2.24, 2.45) is 0 Å². The fourth-order valence-corrected chi connectivity index (χ4v) is 2.41. The van der Waals surface area contributed by atoms with E-state index >= 15 is 0 Å². The summed E-state index contributed by atoms with van der Waals surface area (Å²) >= 11 is 0. The molecule has 5 heteroatoms. The Balaban J connectivity index is 1.54. The van der Waals surface area contributed by atoms with Gasteiger partial charge in [0.15, 0.2) is 5.82 Å². The summed E-state index contributed by atoms with van der Waals surface area (Å²) in [6.07, 6.45) is 8.86. The molecule has 0 bridgehead atoms. The third kappa shape index (κ3) is 4.47. The number of rotatable bonds is 5. The van der Waals surface area contributed by atoms with Crippen LogP contribution in [0.1, 0.15) is 18.4 Å². The summed E-state index contributed by atoms with van der Waals surface area (Å²) in [5, 5.41) is 2.84. The summed E-state index contributed by atoms with van der Waals surface area (Å²) < 4.78 is 5.46. The third-order valence-electron chi connectivity index (χ3n) is 3.66. The molecule has 1 N–H and O–H groups in total. The van der Waals surface area contributed by atoms with Gasteiger partial charge in [-0.25, -0.2) is 9.97 Å². The molecule has 0 spiro atoms. The molecule has 1 aromatic heterocycles. The van der Waals surface area contributed by atoms with E-state index in [0.717, 1.165) is 30.6 Å². The number of carbonyl (C=O) groups excluding carboxylic acids is 1. The average Bonchev–Trinajstić information content (AvgIpc) is 3.13. The monoisotopic (exact) mass is 309 g/mol. The minimum atomic E-state index is -0.132. The van der Waals surface area contributed by atoms with Crippen LogP contribution in [0.2, 0.25) is 0 Å². The number of nitrogens with zero attached hydrogens (tertiary/aromatic N) is 2. The van der Waals surface area contributed by atoms with Crippen LogP contribution in [0.15, 0.2) is 48.8 Å². The molecule has 118 valence electrons. The molecule has 1 saturated heterocycles. The molecular weight excluding hydrogens is 290 g/mol. The minimum Gasteiger partial charge on any atom is -0.376 e. The van der Waals surface area contributed by atoms with Gasteiger partial charge in [0, 0.05) is 42.7 Å². The molecule has 23 heavy (non-hydrogen) atoms. The summed E-state index contributed by atoms with van der Waals surface area (Å²) in [6, 6.07) is 9.78. The number of hydrogen-bond acceptors (Lipinski definition) is 4. The highest BCUT2D eigenvalue weighted by Gasteiger charge is 2.15. The van der Waals surface area contributed by atoms with Crippen LogP contribution in [0.5, 0.6) is 0 Å². The molecule has 2 aromatic rings. The van der Waals surface area contributed by atoms with Crippen LogP contribution in [-0.4, -0.2) is 35.1 Å². The maximum Gasteiger partial charge on any atom is 0.244 e. The van der Waals surface area contributed by atoms with Crippen molar-refractivity contribution in [1.29, 1.82) is 0 Å². The number of carbonyl (C=O) groups is 1. The lowest BCUT2D eigenvalue weighted by Gasteiger charge is -2.08. The zero-order valence-corrected chi connectivity index (χ0v) is 12.8. The standard InChI is InChI=1S/C18H19N3O2/c22-17(19-13-16-7-4-10-23-16)9-8-14-11-20-18(21-12-14)15-5-2-1-3-6-15/h1-3,5-6,8-9,11-12,16H,4,7,10,13H2,(H,19,22)/b9-8+/t16-/m1/s1. The molecule has 1 atom stereocenters. The Morgan fingerprint density at radius 3 is 2.74 bits per heavy atom. The van der Waals surface area contributed by atoms with E-state index in [9.17, 15) is 4.79 Å². The van der Waals surface area contributed by atoms with E-state index < -0.39 is 0 Å². The predicted molar refractivity (Wildman–Crippen MR) is 88.5 cm³/mol. The molecule has 1 fully saturated rings. The molecule has 1 aliphatic heterocycles. The number of benzene rings is 1. The largest absolute Gasteiger partial charge is 0.376 e. The van der Waals surface area contributed by atoms with Gasteiger partial charge in [0.1, 0.15) is 0 Å². The molecular formula is C18H19N3O2. The fraction of sp³-hybridized carbons (Fsp3) is 0.278. The van der Waals surface area contributed by atoms with E-state index in [0.29, 0.717) is 12.4 Å². The summed E-state index contributed by atoms with van der Waals surface area (Å²) in [5.74, 6) is 0.540. The lowest BCUT2D eigenvalue weighted by Crippen LogP contribution is -2.30. The molecule has 1 aromatic carbocycles. The quantitative estimate of drug-likeness (QED) is 0.862. The molecule has 0 radical (unpaired) electrons. The Morgan fingerprint density at radius 2 is 2.04 bits per heavy atom. The first-order chi connectivity index (χ1) is 11.3. The van der Waals surface area contributed by atoms with Crippen LogP contribution in [0.25, 0.3) is 17.5 Å². The van der Waals surface area contributed by atoms with Crippen molar-refractivity contribution in [3.63, 3.8) is 0 Å². The highest BCUT2D eigenvalue weighted by atomic mass is 16.5. The zero-order valence-electron chi connectivity index (χ0n) is 12.8. The number of ether oxygens (including phenoxy) is 1. The third-order valence-corrected chi connectivity index (χ3v) is 3.66. The first-order valence-electron chi connectivity index (χ1n) is 7.76. The normalized spacial score (nSPS) is 17.5. The number of hydrogen-bond donors (Lipinski definition) is 1. The molecule has 1 amide bonds. The van der Waals surface area contributed by atoms with Crippen molar-refractivity contribution < 1.29 is 9.53 Å². The topological polar surface area (TPSA) is 64.1 Å². The van der Waals surface area contributed by atoms with Crippen LogP contribution in [0, 0.1) is 0 Å². The summed E-state index contributed by atoms with van der Waals surface area (Å²) in [5.41, 5.74) is 1.76.